The van der Waals surface area contributed by atoms with Crippen molar-refractivity contribution in [1.29, 1.82) is 0 Å². The summed E-state index contributed by atoms with van der Waals surface area (Å²) in [5.74, 6) is -2.23. The highest BCUT2D eigenvalue weighted by Gasteiger charge is 2.48. The summed E-state index contributed by atoms with van der Waals surface area (Å²) in [5, 5.41) is 70.9. The molecule has 2 amide bonds. The van der Waals surface area contributed by atoms with Crippen LogP contribution in [0, 0.1) is 0 Å². The van der Waals surface area contributed by atoms with Crippen LogP contribution in [0.2, 0.25) is 0 Å². The second-order valence-corrected chi connectivity index (χ2v) is 16.3. The summed E-state index contributed by atoms with van der Waals surface area (Å²) in [6.07, 6.45) is -9.50. The van der Waals surface area contributed by atoms with Crippen LogP contribution in [0.4, 0.5) is 5.82 Å². The number of hydrogen-bond acceptors (Lipinski definition) is 17. The fourth-order valence-electron chi connectivity index (χ4n) is 9.50. The maximum Gasteiger partial charge on any atom is 0.320 e. The van der Waals surface area contributed by atoms with Gasteiger partial charge in [-0.05, 0) is 18.6 Å². The molecule has 22 nitrogen and oxygen atoms in total. The van der Waals surface area contributed by atoms with Crippen molar-refractivity contribution < 1.29 is 59.2 Å². The third-order valence-corrected chi connectivity index (χ3v) is 12.6. The van der Waals surface area contributed by atoms with Crippen LogP contribution >= 0.6 is 0 Å². The standard InChI is InChI=1S/C42H44N10O12/c43-19(42(60)61)9-10-50(13-22-31(54)33(56)40(63-22)51-16-47-29-36(44)45-15-46-37(29)51)11-12-62-35-23(14-53)64-41(34(57)32(35)55)52-21-8-4-2-6-18(21)25-27-26(38(58)49-39(27)59)24-17-5-1-3-7-20(17)48-28(24)30(25)52/h1-8,15-16,19,22-23,31-35,40-41,48,53-57H,9-14,43H2,(H,60,61)(H2,44,45,46)(H,49,58,59)/t19-,22+,23+,31+,32+,33+,34+,35+,40+,41+/m0/s1. The second kappa shape index (κ2) is 16.1. The number of carboxylic acid groups (broad SMARTS) is 1. The van der Waals surface area contributed by atoms with Crippen molar-refractivity contribution in [3.63, 3.8) is 0 Å². The number of H-pyrrole nitrogens is 1. The Kier molecular flexibility index (Phi) is 10.5. The lowest BCUT2D eigenvalue weighted by Gasteiger charge is -2.43. The van der Waals surface area contributed by atoms with E-state index >= 15 is 0 Å². The molecule has 64 heavy (non-hydrogen) atoms. The molecule has 0 unspecified atom stereocenters. The molecule has 2 saturated heterocycles. The maximum atomic E-state index is 13.6. The highest BCUT2D eigenvalue weighted by atomic mass is 16.6. The number of para-hydroxylation sites is 2. The molecule has 3 aromatic carbocycles. The van der Waals surface area contributed by atoms with Crippen LogP contribution in [0.25, 0.3) is 54.8 Å². The normalized spacial score (nSPS) is 26.6. The van der Waals surface area contributed by atoms with E-state index in [4.69, 9.17) is 25.7 Å². The number of nitrogen functional groups attached to an aromatic ring is 1. The first-order valence-corrected chi connectivity index (χ1v) is 20.6. The SMILES string of the molecule is Nc1ncnc2c1ncn2[C@@H]1O[C@H](CN(CCO[C@H]2[C@H](O)[C@@H](O)[C@H](n3c4ccccc4c4c5c(c6c7ccccc7[nH]c6c43)C(=O)NC5=O)O[C@@H]2CO)CC[C@H](N)C(=O)O)[C@@H](O)[C@H]1O. The Morgan fingerprint density at radius 1 is 0.875 bits per heavy atom. The molecule has 0 spiro atoms. The minimum absolute atomic E-state index is 0.0111. The Morgan fingerprint density at radius 3 is 2.34 bits per heavy atom. The second-order valence-electron chi connectivity index (χ2n) is 16.3. The largest absolute Gasteiger partial charge is 0.480 e. The van der Waals surface area contributed by atoms with E-state index in [1.165, 1.54) is 17.2 Å². The Balaban J connectivity index is 0.925. The summed E-state index contributed by atoms with van der Waals surface area (Å²) in [6.45, 7) is -0.693. The molecule has 3 aliphatic heterocycles. The fourth-order valence-corrected chi connectivity index (χ4v) is 9.50. The first-order chi connectivity index (χ1) is 30.9. The summed E-state index contributed by atoms with van der Waals surface area (Å²) >= 11 is 0. The van der Waals surface area contributed by atoms with E-state index < -0.39 is 85.6 Å². The number of carbonyl (C=O) groups is 3. The van der Waals surface area contributed by atoms with Gasteiger partial charge >= 0.3 is 5.97 Å². The molecule has 10 rings (SSSR count). The van der Waals surface area contributed by atoms with Crippen LogP contribution < -0.4 is 16.8 Å². The summed E-state index contributed by atoms with van der Waals surface area (Å²) in [5.41, 5.74) is 14.9. The van der Waals surface area contributed by atoms with Crippen LogP contribution in [0.5, 0.6) is 0 Å². The minimum Gasteiger partial charge on any atom is -0.480 e. The molecule has 334 valence electrons. The van der Waals surface area contributed by atoms with E-state index in [-0.39, 0.29) is 60.8 Å². The van der Waals surface area contributed by atoms with Gasteiger partial charge in [0.15, 0.2) is 23.9 Å². The van der Waals surface area contributed by atoms with E-state index in [2.05, 4.69) is 25.3 Å². The Morgan fingerprint density at radius 2 is 1.58 bits per heavy atom. The lowest BCUT2D eigenvalue weighted by Crippen LogP contribution is -2.58. The lowest BCUT2D eigenvalue weighted by molar-refractivity contribution is -0.260. The van der Waals surface area contributed by atoms with Crippen molar-refractivity contribution in [2.75, 3.05) is 38.6 Å². The number of nitrogens with zero attached hydrogens (tertiary/aromatic N) is 6. The number of fused-ring (bicyclic) bond motifs is 11. The Labute approximate surface area is 360 Å². The van der Waals surface area contributed by atoms with Gasteiger partial charge in [-0.15, -0.1) is 0 Å². The van der Waals surface area contributed by atoms with Crippen molar-refractivity contribution in [3.05, 3.63) is 72.3 Å². The van der Waals surface area contributed by atoms with Crippen LogP contribution in [0.15, 0.2) is 61.2 Å². The van der Waals surface area contributed by atoms with Crippen LogP contribution in [-0.2, 0) is 19.0 Å². The first-order valence-electron chi connectivity index (χ1n) is 20.6. The molecule has 0 bridgehead atoms. The molecule has 3 aliphatic rings. The number of aliphatic hydroxyl groups is 5. The van der Waals surface area contributed by atoms with Gasteiger partial charge in [0.2, 0.25) is 0 Å². The van der Waals surface area contributed by atoms with Gasteiger partial charge in [0.05, 0.1) is 47.2 Å². The average molecular weight is 881 g/mol. The molecular weight excluding hydrogens is 837 g/mol. The third-order valence-electron chi connectivity index (χ3n) is 12.6. The molecule has 4 aromatic heterocycles. The number of aliphatic carboxylic acids is 1. The number of aromatic amines is 1. The number of benzene rings is 3. The number of rotatable bonds is 13. The maximum absolute atomic E-state index is 13.6. The number of anilines is 1. The van der Waals surface area contributed by atoms with E-state index in [9.17, 15) is 45.0 Å². The Bertz CT molecular complexity index is 2990. The van der Waals surface area contributed by atoms with Crippen molar-refractivity contribution in [2.24, 2.45) is 5.73 Å². The molecule has 10 atom stereocenters. The predicted octanol–water partition coefficient (Wildman–Crippen LogP) is -0.545. The molecule has 2 fully saturated rings. The van der Waals surface area contributed by atoms with Crippen LogP contribution in [-0.4, -0.2) is 164 Å². The van der Waals surface area contributed by atoms with E-state index in [1.54, 1.807) is 33.7 Å². The van der Waals surface area contributed by atoms with Crippen molar-refractivity contribution in [3.8, 4) is 0 Å². The zero-order valence-corrected chi connectivity index (χ0v) is 33.8. The molecule has 12 N–H and O–H groups in total. The molecule has 7 aromatic rings. The molecule has 0 radical (unpaired) electrons. The first kappa shape index (κ1) is 41.8. The molecule has 7 heterocycles. The molecule has 22 heteroatoms. The van der Waals surface area contributed by atoms with Gasteiger partial charge in [0.25, 0.3) is 11.8 Å². The van der Waals surface area contributed by atoms with Gasteiger partial charge in [-0.3, -0.25) is 29.2 Å². The van der Waals surface area contributed by atoms with Crippen LogP contribution in [0.1, 0.15) is 39.6 Å². The third kappa shape index (κ3) is 6.57. The highest BCUT2D eigenvalue weighted by Crippen LogP contribution is 2.46. The fraction of sp³-hybridized carbons (Fsp3) is 0.381. The topological polar surface area (TPSA) is 332 Å². The summed E-state index contributed by atoms with van der Waals surface area (Å²) in [6, 6.07) is 13.2. The highest BCUT2D eigenvalue weighted by molar-refractivity contribution is 6.39. The Hall–Kier alpha value is -6.18. The van der Waals surface area contributed by atoms with Crippen molar-refractivity contribution in [2.45, 2.75) is 67.6 Å². The number of imidazole rings is 1. The van der Waals surface area contributed by atoms with Crippen LogP contribution in [0.3, 0.4) is 0 Å². The number of amides is 2. The quantitative estimate of drug-likeness (QED) is 0.0650. The number of aromatic nitrogens is 6. The van der Waals surface area contributed by atoms with E-state index in [0.717, 1.165) is 0 Å². The predicted molar refractivity (Wildman–Crippen MR) is 226 cm³/mol. The number of imide groups is 1. The zero-order chi connectivity index (χ0) is 44.7. The van der Waals surface area contributed by atoms with Gasteiger partial charge < -0.3 is 65.9 Å². The monoisotopic (exact) mass is 880 g/mol. The van der Waals surface area contributed by atoms with Gasteiger partial charge in [-0.1, -0.05) is 36.4 Å². The summed E-state index contributed by atoms with van der Waals surface area (Å²) in [7, 11) is 0. The number of ether oxygens (including phenoxy) is 3. The van der Waals surface area contributed by atoms with Crippen molar-refractivity contribution in [1.82, 2.24) is 39.3 Å². The van der Waals surface area contributed by atoms with Gasteiger partial charge in [-0.25, -0.2) is 15.0 Å². The minimum atomic E-state index is -1.67. The number of nitrogens with two attached hydrogens (primary N) is 2. The number of aliphatic hydroxyl groups excluding tert-OH is 5. The van der Waals surface area contributed by atoms with E-state index in [0.29, 0.717) is 43.6 Å². The van der Waals surface area contributed by atoms with Crippen molar-refractivity contribution >= 4 is 78.4 Å². The lowest BCUT2D eigenvalue weighted by atomic mass is 9.96. The average Bonchev–Trinajstić information content (AvgIpc) is 4.09. The molecule has 0 saturated carbocycles. The zero-order valence-electron chi connectivity index (χ0n) is 33.8. The smallest absolute Gasteiger partial charge is 0.320 e. The summed E-state index contributed by atoms with van der Waals surface area (Å²) < 4.78 is 21.9. The molecular formula is C42H44N10O12. The number of hydrogen-bond donors (Lipinski definition) is 10. The summed E-state index contributed by atoms with van der Waals surface area (Å²) in [4.78, 5) is 56.1. The van der Waals surface area contributed by atoms with Gasteiger partial charge in [0, 0.05) is 46.7 Å². The number of nitrogens with one attached hydrogen (secondary N) is 2. The molecule has 0 aliphatic carbocycles. The number of carboxylic acids is 1. The van der Waals surface area contributed by atoms with Gasteiger partial charge in [-0.2, -0.15) is 0 Å². The number of carbonyl (C=O) groups excluding carboxylic acids is 2. The van der Waals surface area contributed by atoms with E-state index in [1.807, 2.05) is 24.3 Å². The van der Waals surface area contributed by atoms with Gasteiger partial charge in [0.1, 0.15) is 60.6 Å².